The van der Waals surface area contributed by atoms with E-state index in [-0.39, 0.29) is 24.4 Å². The Kier molecular flexibility index (Phi) is 5.36. The molecule has 0 aromatic heterocycles. The fourth-order valence-corrected chi connectivity index (χ4v) is 2.67. The first-order valence-corrected chi connectivity index (χ1v) is 7.04. The summed E-state index contributed by atoms with van der Waals surface area (Å²) in [6.07, 6.45) is -0.561. The topological polar surface area (TPSA) is 54.0 Å². The molecule has 2 aliphatic heterocycles. The van der Waals surface area contributed by atoms with Crippen LogP contribution in [0.2, 0.25) is 0 Å². The molecule has 5 nitrogen and oxygen atoms in total. The van der Waals surface area contributed by atoms with Crippen LogP contribution in [-0.2, 0) is 18.9 Å². The fraction of sp³-hybridized carbons (Fsp3) is 0.909. The van der Waals surface area contributed by atoms with Crippen LogP contribution < -0.4 is 0 Å². The zero-order valence-electron chi connectivity index (χ0n) is 9.85. The molecular weight excluding hydrogens is 283 g/mol. The Balaban J connectivity index is 1.78. The van der Waals surface area contributed by atoms with Crippen LogP contribution in [0.3, 0.4) is 0 Å². The van der Waals surface area contributed by atoms with Crippen LogP contribution in [-0.4, -0.2) is 55.5 Å². The first-order valence-electron chi connectivity index (χ1n) is 5.97. The number of carbonyl (C=O) groups is 1. The quantitative estimate of drug-likeness (QED) is 0.586. The van der Waals surface area contributed by atoms with Gasteiger partial charge in [0.15, 0.2) is 0 Å². The molecule has 18 heavy (non-hydrogen) atoms. The van der Waals surface area contributed by atoms with Crippen LogP contribution in [0, 0.1) is 0 Å². The van der Waals surface area contributed by atoms with E-state index in [0.717, 1.165) is 0 Å². The molecule has 0 spiro atoms. The van der Waals surface area contributed by atoms with Crippen LogP contribution in [0.4, 0.5) is 4.79 Å². The number of rotatable bonds is 4. The van der Waals surface area contributed by atoms with Gasteiger partial charge in [0.25, 0.3) is 0 Å². The highest BCUT2D eigenvalue weighted by molar-refractivity contribution is 6.18. The highest BCUT2D eigenvalue weighted by Gasteiger charge is 2.35. The fourth-order valence-electron chi connectivity index (χ4n) is 2.09. The van der Waals surface area contributed by atoms with Crippen molar-refractivity contribution in [2.24, 2.45) is 0 Å². The van der Waals surface area contributed by atoms with Gasteiger partial charge in [-0.1, -0.05) is 0 Å². The average molecular weight is 299 g/mol. The lowest BCUT2D eigenvalue weighted by Crippen LogP contribution is -2.33. The second-order valence-corrected chi connectivity index (χ2v) is 4.88. The first-order chi connectivity index (χ1) is 8.74. The number of alkyl halides is 2. The van der Waals surface area contributed by atoms with Crippen molar-refractivity contribution in [3.8, 4) is 0 Å². The number of ether oxygens (including phenoxy) is 4. The molecule has 0 aromatic rings. The van der Waals surface area contributed by atoms with Gasteiger partial charge >= 0.3 is 6.16 Å². The zero-order valence-corrected chi connectivity index (χ0v) is 11.4. The number of hydrogen-bond donors (Lipinski definition) is 0. The van der Waals surface area contributed by atoms with E-state index in [4.69, 9.17) is 42.1 Å². The standard InChI is InChI=1S/C11H16Cl2O5/c12-5-9-7(1-3-15-9)17-11(14)18-8-2-4-16-10(8)6-13/h7-10H,1-6H2/t7-,8-,9+,10+/m1/s1. The van der Waals surface area contributed by atoms with Crippen molar-refractivity contribution < 1.29 is 23.7 Å². The van der Waals surface area contributed by atoms with E-state index in [2.05, 4.69) is 0 Å². The Morgan fingerprint density at radius 2 is 1.44 bits per heavy atom. The molecule has 0 radical (unpaired) electrons. The molecule has 0 bridgehead atoms. The summed E-state index contributed by atoms with van der Waals surface area (Å²) in [4.78, 5) is 11.6. The van der Waals surface area contributed by atoms with Crippen LogP contribution in [0.15, 0.2) is 0 Å². The van der Waals surface area contributed by atoms with Gasteiger partial charge in [-0.3, -0.25) is 0 Å². The smallest absolute Gasteiger partial charge is 0.428 e. The molecule has 7 heteroatoms. The van der Waals surface area contributed by atoms with Crippen molar-refractivity contribution in [2.45, 2.75) is 37.3 Å². The van der Waals surface area contributed by atoms with Crippen molar-refractivity contribution in [1.29, 1.82) is 0 Å². The van der Waals surface area contributed by atoms with Crippen molar-refractivity contribution in [3.05, 3.63) is 0 Å². The van der Waals surface area contributed by atoms with Gasteiger partial charge in [-0.05, 0) is 0 Å². The first kappa shape index (κ1) is 14.2. The van der Waals surface area contributed by atoms with Gasteiger partial charge in [0.2, 0.25) is 0 Å². The third kappa shape index (κ3) is 3.41. The molecule has 2 rings (SSSR count). The monoisotopic (exact) mass is 298 g/mol. The Hall–Kier alpha value is -0.230. The summed E-state index contributed by atoms with van der Waals surface area (Å²) < 4.78 is 21.0. The zero-order chi connectivity index (χ0) is 13.0. The molecule has 0 N–H and O–H groups in total. The lowest BCUT2D eigenvalue weighted by molar-refractivity contribution is -0.0343. The van der Waals surface area contributed by atoms with E-state index in [0.29, 0.717) is 37.8 Å². The molecule has 0 aromatic carbocycles. The minimum Gasteiger partial charge on any atom is -0.428 e. The summed E-state index contributed by atoms with van der Waals surface area (Å²) in [5.74, 6) is 0.601. The van der Waals surface area contributed by atoms with Gasteiger partial charge in [0, 0.05) is 12.8 Å². The minimum absolute atomic E-state index is 0.247. The second-order valence-electron chi connectivity index (χ2n) is 4.27. The maximum atomic E-state index is 11.6. The normalized spacial score (nSPS) is 35.7. The maximum Gasteiger partial charge on any atom is 0.509 e. The largest absolute Gasteiger partial charge is 0.509 e. The Labute approximate surface area is 116 Å². The summed E-state index contributed by atoms with van der Waals surface area (Å²) in [5.41, 5.74) is 0. The third-order valence-corrected chi connectivity index (χ3v) is 3.71. The highest BCUT2D eigenvalue weighted by Crippen LogP contribution is 2.22. The van der Waals surface area contributed by atoms with Crippen LogP contribution in [0.1, 0.15) is 12.8 Å². The summed E-state index contributed by atoms with van der Waals surface area (Å²) in [5, 5.41) is 0. The Bertz CT molecular complexity index is 263. The van der Waals surface area contributed by atoms with Crippen LogP contribution in [0.5, 0.6) is 0 Å². The summed E-state index contributed by atoms with van der Waals surface area (Å²) in [6.45, 7) is 1.10. The molecule has 2 heterocycles. The van der Waals surface area contributed by atoms with E-state index >= 15 is 0 Å². The maximum absolute atomic E-state index is 11.6. The molecule has 0 amide bonds. The predicted molar refractivity (Wildman–Crippen MR) is 65.3 cm³/mol. The Morgan fingerprint density at radius 3 is 1.83 bits per heavy atom. The lowest BCUT2D eigenvalue weighted by Gasteiger charge is -2.20. The van der Waals surface area contributed by atoms with Crippen molar-refractivity contribution >= 4 is 29.4 Å². The van der Waals surface area contributed by atoms with Crippen molar-refractivity contribution in [2.75, 3.05) is 25.0 Å². The third-order valence-electron chi connectivity index (χ3n) is 3.10. The molecule has 2 saturated heterocycles. The number of halogens is 2. The van der Waals surface area contributed by atoms with Crippen LogP contribution >= 0.6 is 23.2 Å². The number of carbonyl (C=O) groups excluding carboxylic acids is 1. The van der Waals surface area contributed by atoms with E-state index < -0.39 is 6.16 Å². The lowest BCUT2D eigenvalue weighted by atomic mass is 10.2. The molecule has 0 saturated carbocycles. The van der Waals surface area contributed by atoms with E-state index in [1.807, 2.05) is 0 Å². The van der Waals surface area contributed by atoms with Crippen molar-refractivity contribution in [3.63, 3.8) is 0 Å². The van der Waals surface area contributed by atoms with Gasteiger partial charge in [-0.15, -0.1) is 23.2 Å². The van der Waals surface area contributed by atoms with Crippen LogP contribution in [0.25, 0.3) is 0 Å². The predicted octanol–water partition coefficient (Wildman–Crippen LogP) is 1.93. The molecule has 2 fully saturated rings. The molecule has 104 valence electrons. The van der Waals surface area contributed by atoms with Gasteiger partial charge < -0.3 is 18.9 Å². The average Bonchev–Trinajstić information content (AvgIpc) is 2.97. The van der Waals surface area contributed by atoms with Gasteiger partial charge in [-0.2, -0.15) is 0 Å². The second kappa shape index (κ2) is 6.80. The molecule has 4 atom stereocenters. The molecule has 2 aliphatic rings. The van der Waals surface area contributed by atoms with Gasteiger partial charge in [0.05, 0.1) is 25.0 Å². The molecule has 0 aliphatic carbocycles. The van der Waals surface area contributed by atoms with E-state index in [1.165, 1.54) is 0 Å². The summed E-state index contributed by atoms with van der Waals surface area (Å²) in [7, 11) is 0. The summed E-state index contributed by atoms with van der Waals surface area (Å²) in [6, 6.07) is 0. The molecule has 0 unspecified atom stereocenters. The minimum atomic E-state index is -0.703. The Morgan fingerprint density at radius 1 is 1.00 bits per heavy atom. The SMILES string of the molecule is O=C(O[C@@H]1CCO[C@H]1CCl)O[C@@H]1CCO[C@H]1CCl. The molecular formula is C11H16Cl2O5. The van der Waals surface area contributed by atoms with Gasteiger partial charge in [0.1, 0.15) is 24.4 Å². The summed E-state index contributed by atoms with van der Waals surface area (Å²) >= 11 is 11.4. The number of hydrogen-bond acceptors (Lipinski definition) is 5. The van der Waals surface area contributed by atoms with E-state index in [9.17, 15) is 4.79 Å². The van der Waals surface area contributed by atoms with Gasteiger partial charge in [-0.25, -0.2) is 4.79 Å². The van der Waals surface area contributed by atoms with E-state index in [1.54, 1.807) is 0 Å². The highest BCUT2D eigenvalue weighted by atomic mass is 35.5. The van der Waals surface area contributed by atoms with Crippen molar-refractivity contribution in [1.82, 2.24) is 0 Å².